The van der Waals surface area contributed by atoms with E-state index in [1.807, 2.05) is 6.92 Å². The Bertz CT molecular complexity index is 651. The van der Waals surface area contributed by atoms with Crippen LogP contribution in [0.4, 0.5) is 0 Å². The van der Waals surface area contributed by atoms with E-state index in [0.29, 0.717) is 19.1 Å². The van der Waals surface area contributed by atoms with Crippen LogP contribution >= 0.6 is 0 Å². The Kier molecular flexibility index (Phi) is 23.1. The summed E-state index contributed by atoms with van der Waals surface area (Å²) < 4.78 is 10.1. The highest BCUT2D eigenvalue weighted by Gasteiger charge is 2.33. The molecule has 5 rings (SSSR count). The van der Waals surface area contributed by atoms with Gasteiger partial charge in [0.15, 0.2) is 0 Å². The monoisotopic (exact) mass is 623 g/mol. The quantitative estimate of drug-likeness (QED) is 0.260. The fourth-order valence-corrected chi connectivity index (χ4v) is 9.15. The molecule has 4 aliphatic carbocycles. The van der Waals surface area contributed by atoms with Gasteiger partial charge < -0.3 is 14.6 Å². The van der Waals surface area contributed by atoms with Crippen LogP contribution in [0.2, 0.25) is 0 Å². The normalized spacial score (nSPS) is 33.6. The van der Waals surface area contributed by atoms with E-state index >= 15 is 0 Å². The third-order valence-corrected chi connectivity index (χ3v) is 11.9. The number of aliphatic hydroxyl groups is 1. The third-order valence-electron chi connectivity index (χ3n) is 11.9. The zero-order valence-electron chi connectivity index (χ0n) is 28.2. The molecule has 262 valence electrons. The van der Waals surface area contributed by atoms with E-state index in [-0.39, 0.29) is 26.7 Å². The van der Waals surface area contributed by atoms with Crippen LogP contribution in [0.25, 0.3) is 0 Å². The Morgan fingerprint density at radius 3 is 1.25 bits per heavy atom. The summed E-state index contributed by atoms with van der Waals surface area (Å²) in [6, 6.07) is 0. The van der Waals surface area contributed by atoms with Crippen LogP contribution in [0.3, 0.4) is 0 Å². The number of hydrogen-bond donors (Lipinski definition) is 1. The topological polar surface area (TPSA) is 55.8 Å². The van der Waals surface area contributed by atoms with E-state index < -0.39 is 0 Å². The highest BCUT2D eigenvalue weighted by Crippen LogP contribution is 2.43. The summed E-state index contributed by atoms with van der Waals surface area (Å²) in [4.78, 5) is 11.8. The summed E-state index contributed by atoms with van der Waals surface area (Å²) in [5.41, 5.74) is 0. The number of esters is 1. The maximum atomic E-state index is 11.8. The maximum Gasteiger partial charge on any atom is 0.308 e. The zero-order chi connectivity index (χ0) is 30.0. The van der Waals surface area contributed by atoms with E-state index in [1.54, 1.807) is 0 Å². The smallest absolute Gasteiger partial charge is 0.308 e. The summed E-state index contributed by atoms with van der Waals surface area (Å²) >= 11 is 0. The van der Waals surface area contributed by atoms with Crippen molar-refractivity contribution < 1.29 is 19.4 Å². The molecule has 44 heavy (non-hydrogen) atoms. The molecule has 0 unspecified atom stereocenters. The van der Waals surface area contributed by atoms with Gasteiger partial charge in [0.2, 0.25) is 0 Å². The number of hydrogen-bond acceptors (Lipinski definition) is 4. The SMILES string of the molecule is C.C.C1CCOC1.CCCC1CCC(C2CCC(C(=O)OCC)CC2)CC1.CCCC1CCC(C2CCC(CO)CC2)CC1. The molecule has 1 N–H and O–H groups in total. The van der Waals surface area contributed by atoms with Crippen molar-refractivity contribution in [2.45, 2.75) is 177 Å². The van der Waals surface area contributed by atoms with Crippen molar-refractivity contribution in [2.75, 3.05) is 26.4 Å². The fraction of sp³-hybridized carbons (Fsp3) is 0.975. The summed E-state index contributed by atoms with van der Waals surface area (Å²) in [5.74, 6) is 6.80. The largest absolute Gasteiger partial charge is 0.466 e. The van der Waals surface area contributed by atoms with Gasteiger partial charge >= 0.3 is 5.97 Å². The van der Waals surface area contributed by atoms with Crippen molar-refractivity contribution in [3.8, 4) is 0 Å². The number of ether oxygens (including phenoxy) is 2. The molecule has 4 nitrogen and oxygen atoms in total. The molecule has 0 spiro atoms. The minimum Gasteiger partial charge on any atom is -0.466 e. The molecule has 0 aromatic carbocycles. The number of carbonyl (C=O) groups is 1. The Balaban J connectivity index is 0.000000367. The van der Waals surface area contributed by atoms with Gasteiger partial charge in [-0.2, -0.15) is 0 Å². The molecule has 4 heteroatoms. The van der Waals surface area contributed by atoms with Crippen molar-refractivity contribution in [3.63, 3.8) is 0 Å². The molecule has 1 saturated heterocycles. The summed E-state index contributed by atoms with van der Waals surface area (Å²) in [7, 11) is 0. The first kappa shape index (κ1) is 41.4. The molecule has 1 aliphatic heterocycles. The van der Waals surface area contributed by atoms with Gasteiger partial charge in [0.25, 0.3) is 0 Å². The zero-order valence-corrected chi connectivity index (χ0v) is 28.2. The van der Waals surface area contributed by atoms with Crippen LogP contribution in [-0.4, -0.2) is 37.5 Å². The Hall–Kier alpha value is -0.610. The molecule has 0 aromatic heterocycles. The van der Waals surface area contributed by atoms with Gasteiger partial charge in [-0.15, -0.1) is 0 Å². The van der Waals surface area contributed by atoms with E-state index in [4.69, 9.17) is 9.47 Å². The summed E-state index contributed by atoms with van der Waals surface area (Å²) in [5, 5.41) is 9.18. The number of aliphatic hydroxyl groups excluding tert-OH is 1. The van der Waals surface area contributed by atoms with Crippen LogP contribution < -0.4 is 0 Å². The van der Waals surface area contributed by atoms with Crippen molar-refractivity contribution in [1.29, 1.82) is 0 Å². The minimum atomic E-state index is 0. The van der Waals surface area contributed by atoms with Crippen LogP contribution in [0.15, 0.2) is 0 Å². The molecule has 0 atom stereocenters. The van der Waals surface area contributed by atoms with Crippen molar-refractivity contribution in [2.24, 2.45) is 47.3 Å². The van der Waals surface area contributed by atoms with Crippen LogP contribution in [-0.2, 0) is 14.3 Å². The van der Waals surface area contributed by atoms with Gasteiger partial charge in [-0.25, -0.2) is 0 Å². The molecule has 0 amide bonds. The van der Waals surface area contributed by atoms with Gasteiger partial charge in [-0.1, -0.05) is 80.1 Å². The lowest BCUT2D eigenvalue weighted by Crippen LogP contribution is -2.29. The van der Waals surface area contributed by atoms with Gasteiger partial charge in [0.05, 0.1) is 12.5 Å². The van der Waals surface area contributed by atoms with Gasteiger partial charge in [0, 0.05) is 19.8 Å². The van der Waals surface area contributed by atoms with E-state index in [0.717, 1.165) is 61.6 Å². The first-order valence-electron chi connectivity index (χ1n) is 18.9. The molecule has 1 heterocycles. The Labute approximate surface area is 275 Å². The van der Waals surface area contributed by atoms with E-state index in [2.05, 4.69) is 13.8 Å². The average Bonchev–Trinajstić information content (AvgIpc) is 3.64. The maximum absolute atomic E-state index is 11.8. The predicted molar refractivity (Wildman–Crippen MR) is 189 cm³/mol. The Morgan fingerprint density at radius 2 is 0.955 bits per heavy atom. The Morgan fingerprint density at radius 1 is 0.591 bits per heavy atom. The lowest BCUT2D eigenvalue weighted by Gasteiger charge is -2.37. The highest BCUT2D eigenvalue weighted by atomic mass is 16.5. The molecular weight excluding hydrogens is 544 g/mol. The van der Waals surface area contributed by atoms with Crippen LogP contribution in [0.5, 0.6) is 0 Å². The number of carbonyl (C=O) groups excluding carboxylic acids is 1. The number of rotatable bonds is 9. The van der Waals surface area contributed by atoms with E-state index in [9.17, 15) is 9.90 Å². The van der Waals surface area contributed by atoms with Crippen LogP contribution in [0.1, 0.15) is 177 Å². The van der Waals surface area contributed by atoms with Gasteiger partial charge in [-0.3, -0.25) is 4.79 Å². The van der Waals surface area contributed by atoms with E-state index in [1.165, 1.54) is 128 Å². The predicted octanol–water partition coefficient (Wildman–Crippen LogP) is 11.4. The third kappa shape index (κ3) is 14.9. The molecule has 5 aliphatic rings. The van der Waals surface area contributed by atoms with Crippen LogP contribution in [0, 0.1) is 47.3 Å². The second kappa shape index (κ2) is 24.5. The van der Waals surface area contributed by atoms with Crippen molar-refractivity contribution >= 4 is 5.97 Å². The molecule has 0 bridgehead atoms. The first-order valence-corrected chi connectivity index (χ1v) is 18.9. The second-order valence-corrected chi connectivity index (χ2v) is 14.8. The standard InChI is InChI=1S/C18H32O2.C16H30O.C4H8O.2CH4/c1-3-5-14-6-8-15(9-7-14)16-10-12-17(13-11-16)18(19)20-4-2;1-2-3-13-4-8-15(9-5-13)16-10-6-14(12-17)7-11-16;1-2-4-5-3-1;;/h14-17H,3-13H2,1-2H3;13-17H,2-12H2,1H3;1-4H2;2*1H4. The highest BCUT2D eigenvalue weighted by molar-refractivity contribution is 5.72. The lowest BCUT2D eigenvalue weighted by molar-refractivity contribution is -0.149. The average molecular weight is 623 g/mol. The molecule has 0 radical (unpaired) electrons. The molecular formula is C40H78O4. The minimum absolute atomic E-state index is 0. The molecule has 0 aromatic rings. The second-order valence-electron chi connectivity index (χ2n) is 14.8. The summed E-state index contributed by atoms with van der Waals surface area (Å²) in [6.07, 6.45) is 30.0. The lowest BCUT2D eigenvalue weighted by atomic mass is 9.69. The first-order chi connectivity index (χ1) is 20.6. The fourth-order valence-electron chi connectivity index (χ4n) is 9.15. The molecule has 5 fully saturated rings. The molecule has 4 saturated carbocycles. The van der Waals surface area contributed by atoms with Gasteiger partial charge in [-0.05, 0) is 138 Å². The van der Waals surface area contributed by atoms with Crippen molar-refractivity contribution in [1.82, 2.24) is 0 Å². The summed E-state index contributed by atoms with van der Waals surface area (Å²) in [6.45, 7) is 9.49. The van der Waals surface area contributed by atoms with Crippen molar-refractivity contribution in [3.05, 3.63) is 0 Å². The van der Waals surface area contributed by atoms with Gasteiger partial charge in [0.1, 0.15) is 0 Å².